The van der Waals surface area contributed by atoms with Crippen molar-refractivity contribution >= 4 is 48.9 Å². The van der Waals surface area contributed by atoms with Gasteiger partial charge >= 0.3 is 0 Å². The zero-order valence-corrected chi connectivity index (χ0v) is 15.7. The van der Waals surface area contributed by atoms with E-state index in [1.807, 2.05) is 0 Å². The van der Waals surface area contributed by atoms with Crippen LogP contribution in [0.5, 0.6) is 0 Å². The molecule has 0 saturated heterocycles. The quantitative estimate of drug-likeness (QED) is 0.559. The minimum Gasteiger partial charge on any atom is -0.276 e. The lowest BCUT2D eigenvalue weighted by Crippen LogP contribution is -2.13. The highest BCUT2D eigenvalue weighted by molar-refractivity contribution is 7.92. The second kappa shape index (κ2) is 6.31. The lowest BCUT2D eigenvalue weighted by Gasteiger charge is -2.09. The van der Waals surface area contributed by atoms with Crippen molar-refractivity contribution in [3.05, 3.63) is 47.5 Å². The second-order valence-electron chi connectivity index (χ2n) is 5.32. The van der Waals surface area contributed by atoms with Gasteiger partial charge in [-0.2, -0.15) is 5.10 Å². The van der Waals surface area contributed by atoms with E-state index in [1.165, 1.54) is 34.5 Å². The fraction of sp³-hybridized carbons (Fsp3) is 0.0667. The molecule has 1 aromatic carbocycles. The third-order valence-electron chi connectivity index (χ3n) is 3.63. The molecule has 4 aromatic rings. The number of aryl methyl sites for hydroxylation is 1. The Morgan fingerprint density at radius 3 is 2.85 bits per heavy atom. The van der Waals surface area contributed by atoms with Gasteiger partial charge in [0.2, 0.25) is 0 Å². The van der Waals surface area contributed by atoms with E-state index in [1.54, 1.807) is 31.6 Å². The van der Waals surface area contributed by atoms with E-state index in [-0.39, 0.29) is 4.90 Å². The van der Waals surface area contributed by atoms with Crippen LogP contribution in [-0.2, 0) is 17.1 Å². The largest absolute Gasteiger partial charge is 0.276 e. The third kappa shape index (κ3) is 3.02. The summed E-state index contributed by atoms with van der Waals surface area (Å²) in [5, 5.41) is 4.12. The number of aromatic nitrogens is 5. The van der Waals surface area contributed by atoms with Crippen LogP contribution in [0.25, 0.3) is 21.6 Å². The molecule has 0 spiro atoms. The van der Waals surface area contributed by atoms with Gasteiger partial charge in [-0.25, -0.2) is 13.4 Å². The number of halogens is 1. The normalized spacial score (nSPS) is 11.8. The highest BCUT2D eigenvalue weighted by atomic mass is 35.5. The number of nitrogens with one attached hydrogen (secondary N) is 1. The van der Waals surface area contributed by atoms with E-state index >= 15 is 0 Å². The molecule has 11 heteroatoms. The van der Waals surface area contributed by atoms with Gasteiger partial charge in [0.1, 0.15) is 11.4 Å². The highest BCUT2D eigenvalue weighted by Crippen LogP contribution is 2.30. The van der Waals surface area contributed by atoms with E-state index in [4.69, 9.17) is 11.6 Å². The molecule has 8 nitrogen and oxygen atoms in total. The van der Waals surface area contributed by atoms with E-state index in [9.17, 15) is 8.42 Å². The van der Waals surface area contributed by atoms with Crippen LogP contribution < -0.4 is 4.72 Å². The van der Waals surface area contributed by atoms with Gasteiger partial charge in [0.25, 0.3) is 10.0 Å². The van der Waals surface area contributed by atoms with Crippen molar-refractivity contribution in [2.75, 3.05) is 4.72 Å². The molecule has 1 N–H and O–H groups in total. The molecule has 0 aliphatic carbocycles. The minimum atomic E-state index is -3.83. The van der Waals surface area contributed by atoms with Gasteiger partial charge in [0.05, 0.1) is 33.2 Å². The molecule has 0 aliphatic rings. The first-order chi connectivity index (χ1) is 12.4. The number of fused-ring (bicyclic) bond motifs is 1. The van der Waals surface area contributed by atoms with Crippen LogP contribution in [-0.4, -0.2) is 33.2 Å². The fourth-order valence-corrected chi connectivity index (χ4v) is 4.71. The number of benzene rings is 1. The van der Waals surface area contributed by atoms with Crippen molar-refractivity contribution in [1.29, 1.82) is 0 Å². The summed E-state index contributed by atoms with van der Waals surface area (Å²) >= 11 is 7.11. The maximum absolute atomic E-state index is 12.8. The maximum atomic E-state index is 12.8. The Kier molecular flexibility index (Phi) is 4.10. The molecule has 4 rings (SSSR count). The smallest absolute Gasteiger partial charge is 0.262 e. The molecule has 3 aromatic heterocycles. The topological polar surface area (TPSA) is 103 Å². The summed E-state index contributed by atoms with van der Waals surface area (Å²) in [7, 11) is -2.13. The minimum absolute atomic E-state index is 0.110. The maximum Gasteiger partial charge on any atom is 0.262 e. The highest BCUT2D eigenvalue weighted by Gasteiger charge is 2.21. The number of hydrogen-bond donors (Lipinski definition) is 1. The number of hydrogen-bond acceptors (Lipinski definition) is 7. The van der Waals surface area contributed by atoms with Gasteiger partial charge in [-0.1, -0.05) is 11.6 Å². The summed E-state index contributed by atoms with van der Waals surface area (Å²) in [5.74, 6) is 0. The van der Waals surface area contributed by atoms with Crippen molar-refractivity contribution < 1.29 is 8.42 Å². The molecule has 0 radical (unpaired) electrons. The standard InChI is InChI=1S/C15H11ClN6O2S2/c1-22-14(11-7-17-4-5-18-11)12(8-19-22)21-26(23,24)9-2-3-10-13(6-9)25-15(16)20-10/h2-8,21H,1H3. The first kappa shape index (κ1) is 16.9. The molecular formula is C15H11ClN6O2S2. The Morgan fingerprint density at radius 2 is 2.08 bits per heavy atom. The van der Waals surface area contributed by atoms with E-state index in [0.717, 1.165) is 0 Å². The summed E-state index contributed by atoms with van der Waals surface area (Å²) in [5.41, 5.74) is 1.99. The Balaban J connectivity index is 1.74. The molecule has 26 heavy (non-hydrogen) atoms. The van der Waals surface area contributed by atoms with Crippen molar-refractivity contribution in [3.63, 3.8) is 0 Å². The van der Waals surface area contributed by atoms with Gasteiger partial charge in [0.15, 0.2) is 4.47 Å². The van der Waals surface area contributed by atoms with Crippen LogP contribution in [0.3, 0.4) is 0 Å². The van der Waals surface area contributed by atoms with Crippen LogP contribution in [0.2, 0.25) is 4.47 Å². The first-order valence-corrected chi connectivity index (χ1v) is 9.99. The Labute approximate surface area is 157 Å². The average molecular weight is 407 g/mol. The number of thiazole rings is 1. The van der Waals surface area contributed by atoms with Crippen molar-refractivity contribution in [1.82, 2.24) is 24.7 Å². The zero-order chi connectivity index (χ0) is 18.3. The third-order valence-corrected chi connectivity index (χ3v) is 6.12. The molecule has 0 unspecified atom stereocenters. The Morgan fingerprint density at radius 1 is 1.23 bits per heavy atom. The molecule has 0 aliphatic heterocycles. The van der Waals surface area contributed by atoms with Crippen LogP contribution in [0, 0.1) is 0 Å². The van der Waals surface area contributed by atoms with Crippen LogP contribution in [0.15, 0.2) is 47.9 Å². The molecule has 3 heterocycles. The van der Waals surface area contributed by atoms with E-state index in [0.29, 0.717) is 31.8 Å². The molecule has 0 amide bonds. The summed E-state index contributed by atoms with van der Waals surface area (Å²) < 4.78 is 30.8. The predicted octanol–water partition coefficient (Wildman–Crippen LogP) is 2.94. The molecule has 0 saturated carbocycles. The first-order valence-electron chi connectivity index (χ1n) is 7.31. The van der Waals surface area contributed by atoms with E-state index < -0.39 is 10.0 Å². The molecular weight excluding hydrogens is 396 g/mol. The number of anilines is 1. The zero-order valence-electron chi connectivity index (χ0n) is 13.3. The fourth-order valence-electron chi connectivity index (χ4n) is 2.49. The summed E-state index contributed by atoms with van der Waals surface area (Å²) in [6, 6.07) is 4.65. The van der Waals surface area contributed by atoms with Crippen molar-refractivity contribution in [2.24, 2.45) is 7.05 Å². The number of rotatable bonds is 4. The van der Waals surface area contributed by atoms with Crippen LogP contribution in [0.1, 0.15) is 0 Å². The van der Waals surface area contributed by atoms with E-state index in [2.05, 4.69) is 24.8 Å². The number of sulfonamides is 1. The van der Waals surface area contributed by atoms with Crippen molar-refractivity contribution in [3.8, 4) is 11.4 Å². The Bertz CT molecular complexity index is 1200. The van der Waals surface area contributed by atoms with Gasteiger partial charge in [0, 0.05) is 19.4 Å². The molecule has 132 valence electrons. The van der Waals surface area contributed by atoms with Gasteiger partial charge in [-0.15, -0.1) is 11.3 Å². The van der Waals surface area contributed by atoms with Gasteiger partial charge < -0.3 is 0 Å². The molecule has 0 atom stereocenters. The van der Waals surface area contributed by atoms with Crippen LogP contribution in [0.4, 0.5) is 5.69 Å². The monoisotopic (exact) mass is 406 g/mol. The number of nitrogens with zero attached hydrogens (tertiary/aromatic N) is 5. The molecule has 0 bridgehead atoms. The van der Waals surface area contributed by atoms with Crippen molar-refractivity contribution in [2.45, 2.75) is 4.90 Å². The predicted molar refractivity (Wildman–Crippen MR) is 99.7 cm³/mol. The lowest BCUT2D eigenvalue weighted by molar-refractivity contribution is 0.601. The summed E-state index contributed by atoms with van der Waals surface area (Å²) in [6.07, 6.45) is 6.05. The second-order valence-corrected chi connectivity index (χ2v) is 8.62. The van der Waals surface area contributed by atoms with Crippen LogP contribution >= 0.6 is 22.9 Å². The SMILES string of the molecule is Cn1ncc(NS(=O)(=O)c2ccc3nc(Cl)sc3c2)c1-c1cnccn1. The van der Waals surface area contributed by atoms with Gasteiger partial charge in [-0.05, 0) is 18.2 Å². The summed E-state index contributed by atoms with van der Waals surface area (Å²) in [6.45, 7) is 0. The Hall–Kier alpha value is -2.56. The average Bonchev–Trinajstić information content (AvgIpc) is 3.16. The molecule has 0 fully saturated rings. The van der Waals surface area contributed by atoms with Gasteiger partial charge in [-0.3, -0.25) is 19.4 Å². The lowest BCUT2D eigenvalue weighted by atomic mass is 10.3. The summed E-state index contributed by atoms with van der Waals surface area (Å²) in [4.78, 5) is 12.5.